The van der Waals surface area contributed by atoms with E-state index in [-0.39, 0.29) is 18.2 Å². The number of thiazole rings is 1. The van der Waals surface area contributed by atoms with Crippen molar-refractivity contribution in [2.45, 2.75) is 13.0 Å². The van der Waals surface area contributed by atoms with Gasteiger partial charge in [-0.1, -0.05) is 6.07 Å². The van der Waals surface area contributed by atoms with Crippen molar-refractivity contribution in [2.24, 2.45) is 0 Å². The largest absolute Gasteiger partial charge is 0.486 e. The number of aromatic nitrogens is 2. The van der Waals surface area contributed by atoms with E-state index in [1.54, 1.807) is 11.6 Å². The van der Waals surface area contributed by atoms with Crippen LogP contribution in [0.25, 0.3) is 0 Å². The van der Waals surface area contributed by atoms with Crippen molar-refractivity contribution in [1.82, 2.24) is 15.3 Å². The summed E-state index contributed by atoms with van der Waals surface area (Å²) in [5.74, 6) is 0.251. The first-order chi connectivity index (χ1) is 13.1. The first-order valence-electron chi connectivity index (χ1n) is 8.11. The lowest BCUT2D eigenvalue weighted by Crippen LogP contribution is -2.26. The van der Waals surface area contributed by atoms with Crippen LogP contribution in [0.3, 0.4) is 0 Å². The number of hydrogen-bond acceptors (Lipinski definition) is 7. The zero-order valence-electron chi connectivity index (χ0n) is 14.2. The maximum Gasteiger partial charge on any atom is 0.270 e. The number of amides is 1. The van der Waals surface area contributed by atoms with Crippen LogP contribution >= 0.6 is 11.3 Å². The molecule has 8 nitrogen and oxygen atoms in total. The van der Waals surface area contributed by atoms with Gasteiger partial charge in [0.1, 0.15) is 23.1 Å². The van der Waals surface area contributed by atoms with Crippen LogP contribution < -0.4 is 10.1 Å². The van der Waals surface area contributed by atoms with Gasteiger partial charge in [-0.25, -0.2) is 4.98 Å². The molecule has 138 valence electrons. The van der Waals surface area contributed by atoms with Gasteiger partial charge in [0.05, 0.1) is 4.92 Å². The second-order valence-corrected chi connectivity index (χ2v) is 6.44. The van der Waals surface area contributed by atoms with Crippen LogP contribution in [0.1, 0.15) is 21.2 Å². The number of carbonyl (C=O) groups excluding carboxylic acids is 1. The van der Waals surface area contributed by atoms with Crippen LogP contribution in [-0.4, -0.2) is 27.3 Å². The van der Waals surface area contributed by atoms with Crippen molar-refractivity contribution >= 4 is 22.9 Å². The molecule has 0 atom stereocenters. The molecule has 1 amide bonds. The van der Waals surface area contributed by atoms with E-state index in [0.29, 0.717) is 29.4 Å². The number of rotatable bonds is 8. The Morgan fingerprint density at radius 3 is 2.74 bits per heavy atom. The molecule has 3 aromatic rings. The highest BCUT2D eigenvalue weighted by atomic mass is 32.1. The SMILES string of the molecule is O=C(NCCc1ccccn1)c1csc(COc2ccc([N+](=O)[O-])cc2)n1. The maximum atomic E-state index is 12.1. The van der Waals surface area contributed by atoms with Crippen molar-refractivity contribution < 1.29 is 14.5 Å². The summed E-state index contributed by atoms with van der Waals surface area (Å²) < 4.78 is 5.54. The molecule has 27 heavy (non-hydrogen) atoms. The lowest BCUT2D eigenvalue weighted by Gasteiger charge is -2.04. The summed E-state index contributed by atoms with van der Waals surface area (Å²) in [4.78, 5) is 30.7. The van der Waals surface area contributed by atoms with Crippen LogP contribution in [0.4, 0.5) is 5.69 Å². The van der Waals surface area contributed by atoms with Gasteiger partial charge in [0.25, 0.3) is 11.6 Å². The average molecular weight is 384 g/mol. The predicted octanol–water partition coefficient (Wildman–Crippen LogP) is 3.00. The molecule has 1 N–H and O–H groups in total. The molecule has 0 aliphatic carbocycles. The fraction of sp³-hybridized carbons (Fsp3) is 0.167. The Labute approximate surface area is 159 Å². The van der Waals surface area contributed by atoms with Crippen molar-refractivity contribution in [3.63, 3.8) is 0 Å². The van der Waals surface area contributed by atoms with Crippen molar-refractivity contribution in [2.75, 3.05) is 6.54 Å². The normalized spacial score (nSPS) is 10.4. The summed E-state index contributed by atoms with van der Waals surface area (Å²) in [6, 6.07) is 11.4. The molecule has 1 aromatic carbocycles. The fourth-order valence-electron chi connectivity index (χ4n) is 2.23. The minimum Gasteiger partial charge on any atom is -0.486 e. The third-order valence-electron chi connectivity index (χ3n) is 3.59. The zero-order valence-corrected chi connectivity index (χ0v) is 15.0. The number of non-ortho nitro benzene ring substituents is 1. The standard InChI is InChI=1S/C18H16N4O4S/c23-18(20-10-8-13-3-1-2-9-19-13)16-12-27-17(21-16)11-26-15-6-4-14(5-7-15)22(24)25/h1-7,9,12H,8,10-11H2,(H,20,23). The van der Waals surface area contributed by atoms with Crippen molar-refractivity contribution in [1.29, 1.82) is 0 Å². The van der Waals surface area contributed by atoms with Crippen LogP contribution in [0.2, 0.25) is 0 Å². The fourth-order valence-corrected chi connectivity index (χ4v) is 2.92. The molecule has 2 aromatic heterocycles. The minimum absolute atomic E-state index is 0.00117. The van der Waals surface area contributed by atoms with Gasteiger partial charge in [0, 0.05) is 42.4 Å². The molecule has 3 rings (SSSR count). The molecule has 0 saturated heterocycles. The van der Waals surface area contributed by atoms with E-state index in [4.69, 9.17) is 4.74 Å². The van der Waals surface area contributed by atoms with Gasteiger partial charge < -0.3 is 10.1 Å². The molecule has 0 aliphatic rings. The van der Waals surface area contributed by atoms with E-state index in [0.717, 1.165) is 5.69 Å². The second kappa shape index (κ2) is 8.86. The van der Waals surface area contributed by atoms with Crippen molar-refractivity contribution in [3.05, 3.63) is 80.6 Å². The molecule has 0 bridgehead atoms. The number of nitrogens with zero attached hydrogens (tertiary/aromatic N) is 3. The number of nitrogens with one attached hydrogen (secondary N) is 1. The van der Waals surface area contributed by atoms with E-state index < -0.39 is 4.92 Å². The smallest absolute Gasteiger partial charge is 0.270 e. The predicted molar refractivity (Wildman–Crippen MR) is 99.8 cm³/mol. The zero-order chi connectivity index (χ0) is 19.1. The summed E-state index contributed by atoms with van der Waals surface area (Å²) >= 11 is 1.32. The Kier molecular flexibility index (Phi) is 6.06. The van der Waals surface area contributed by atoms with Crippen LogP contribution in [-0.2, 0) is 13.0 Å². The number of benzene rings is 1. The van der Waals surface area contributed by atoms with Crippen LogP contribution in [0.15, 0.2) is 54.0 Å². The minimum atomic E-state index is -0.469. The van der Waals surface area contributed by atoms with E-state index in [9.17, 15) is 14.9 Å². The quantitative estimate of drug-likeness (QED) is 0.472. The number of hydrogen-bond donors (Lipinski definition) is 1. The van der Waals surface area contributed by atoms with Crippen LogP contribution in [0.5, 0.6) is 5.75 Å². The summed E-state index contributed by atoms with van der Waals surface area (Å²) in [5, 5.41) is 15.8. The first kappa shape index (κ1) is 18.5. The lowest BCUT2D eigenvalue weighted by atomic mass is 10.2. The second-order valence-electron chi connectivity index (χ2n) is 5.49. The Balaban J connectivity index is 1.47. The third kappa shape index (κ3) is 5.32. The number of carbonyl (C=O) groups is 1. The van der Waals surface area contributed by atoms with Crippen molar-refractivity contribution in [3.8, 4) is 5.75 Å². The van der Waals surface area contributed by atoms with Gasteiger partial charge in [0.15, 0.2) is 0 Å². The Morgan fingerprint density at radius 2 is 2.04 bits per heavy atom. The van der Waals surface area contributed by atoms with Gasteiger partial charge in [-0.3, -0.25) is 19.9 Å². The summed E-state index contributed by atoms with van der Waals surface area (Å²) in [5.41, 5.74) is 1.25. The molecule has 0 spiro atoms. The number of pyridine rings is 1. The molecule has 0 unspecified atom stereocenters. The van der Waals surface area contributed by atoms with E-state index in [2.05, 4.69) is 15.3 Å². The topological polar surface area (TPSA) is 107 Å². The highest BCUT2D eigenvalue weighted by Crippen LogP contribution is 2.19. The number of nitro groups is 1. The van der Waals surface area contributed by atoms with Crippen LogP contribution in [0, 0.1) is 10.1 Å². The Bertz CT molecular complexity index is 913. The Morgan fingerprint density at radius 1 is 1.22 bits per heavy atom. The summed E-state index contributed by atoms with van der Waals surface area (Å²) in [6.07, 6.45) is 2.36. The van der Waals surface area contributed by atoms with E-state index in [1.807, 2.05) is 18.2 Å². The van der Waals surface area contributed by atoms with Gasteiger partial charge in [-0.05, 0) is 24.3 Å². The molecule has 0 radical (unpaired) electrons. The summed E-state index contributed by atoms with van der Waals surface area (Å²) in [7, 11) is 0. The van der Waals surface area contributed by atoms with Gasteiger partial charge in [-0.15, -0.1) is 11.3 Å². The van der Waals surface area contributed by atoms with Gasteiger partial charge in [-0.2, -0.15) is 0 Å². The molecular formula is C18H16N4O4S. The maximum absolute atomic E-state index is 12.1. The molecule has 0 aliphatic heterocycles. The van der Waals surface area contributed by atoms with E-state index >= 15 is 0 Å². The molecule has 9 heteroatoms. The summed E-state index contributed by atoms with van der Waals surface area (Å²) in [6.45, 7) is 0.658. The van der Waals surface area contributed by atoms with E-state index in [1.165, 1.54) is 35.6 Å². The Hall–Kier alpha value is -3.33. The number of ether oxygens (including phenoxy) is 1. The molecule has 0 fully saturated rings. The molecular weight excluding hydrogens is 368 g/mol. The number of nitro benzene ring substituents is 1. The van der Waals surface area contributed by atoms with Gasteiger partial charge >= 0.3 is 0 Å². The van der Waals surface area contributed by atoms with Gasteiger partial charge in [0.2, 0.25) is 0 Å². The molecule has 0 saturated carbocycles. The highest BCUT2D eigenvalue weighted by Gasteiger charge is 2.11. The monoisotopic (exact) mass is 384 g/mol. The molecule has 2 heterocycles. The average Bonchev–Trinajstić information content (AvgIpc) is 3.17. The third-order valence-corrected chi connectivity index (χ3v) is 4.41. The first-order valence-corrected chi connectivity index (χ1v) is 8.99. The highest BCUT2D eigenvalue weighted by molar-refractivity contribution is 7.09. The lowest BCUT2D eigenvalue weighted by molar-refractivity contribution is -0.384.